The topological polar surface area (TPSA) is 73.6 Å². The fraction of sp³-hybridized carbons (Fsp3) is 0.615. The summed E-state index contributed by atoms with van der Waals surface area (Å²) in [6.07, 6.45) is 4.78. The zero-order chi connectivity index (χ0) is 13.8. The number of esters is 1. The van der Waals surface area contributed by atoms with Crippen LogP contribution in [-0.4, -0.2) is 25.7 Å². The summed E-state index contributed by atoms with van der Waals surface area (Å²) in [6.45, 7) is 2.11. The van der Waals surface area contributed by atoms with Gasteiger partial charge in [-0.25, -0.2) is 4.79 Å². The van der Waals surface area contributed by atoms with Gasteiger partial charge in [0.2, 0.25) is 0 Å². The summed E-state index contributed by atoms with van der Waals surface area (Å²) in [7, 11) is 1.56. The van der Waals surface area contributed by atoms with E-state index in [0.717, 1.165) is 17.8 Å². The molecule has 1 saturated carbocycles. The number of rotatable bonds is 5. The molecular weight excluding hydrogens is 264 g/mol. The molecule has 0 amide bonds. The maximum atomic E-state index is 11.8. The number of nitrogens with two attached hydrogens (primary N) is 1. The van der Waals surface area contributed by atoms with E-state index >= 15 is 0 Å². The van der Waals surface area contributed by atoms with Crippen LogP contribution in [0.5, 0.6) is 5.75 Å². The first kappa shape index (κ1) is 14.0. The quantitative estimate of drug-likeness (QED) is 0.813. The van der Waals surface area contributed by atoms with Crippen molar-refractivity contribution in [3.63, 3.8) is 0 Å². The maximum Gasteiger partial charge on any atom is 0.350 e. The minimum Gasteiger partial charge on any atom is -0.492 e. The van der Waals surface area contributed by atoms with Crippen LogP contribution in [0.1, 0.15) is 42.3 Å². The highest BCUT2D eigenvalue weighted by molar-refractivity contribution is 7.19. The van der Waals surface area contributed by atoms with Crippen molar-refractivity contribution >= 4 is 28.0 Å². The number of methoxy groups -OCH3 is 1. The fourth-order valence-electron chi connectivity index (χ4n) is 2.33. The van der Waals surface area contributed by atoms with E-state index in [-0.39, 0.29) is 5.97 Å². The second kappa shape index (κ2) is 6.14. The van der Waals surface area contributed by atoms with Gasteiger partial charge in [-0.2, -0.15) is 0 Å². The summed E-state index contributed by atoms with van der Waals surface area (Å²) >= 11 is 1.31. The molecule has 1 heterocycles. The van der Waals surface area contributed by atoms with Gasteiger partial charge in [-0.3, -0.25) is 0 Å². The molecule has 5 nitrogen and oxygen atoms in total. The Morgan fingerprint density at radius 1 is 1.47 bits per heavy atom. The monoisotopic (exact) mass is 284 g/mol. The summed E-state index contributed by atoms with van der Waals surface area (Å²) in [6, 6.07) is 0.446. The van der Waals surface area contributed by atoms with E-state index in [2.05, 4.69) is 5.32 Å². The zero-order valence-corrected chi connectivity index (χ0v) is 12.1. The van der Waals surface area contributed by atoms with Gasteiger partial charge in [-0.1, -0.05) is 12.8 Å². The van der Waals surface area contributed by atoms with Crippen molar-refractivity contribution in [2.75, 3.05) is 24.8 Å². The highest BCUT2D eigenvalue weighted by atomic mass is 32.1. The Morgan fingerprint density at radius 2 is 2.16 bits per heavy atom. The number of ether oxygens (including phenoxy) is 2. The summed E-state index contributed by atoms with van der Waals surface area (Å²) in [4.78, 5) is 12.2. The van der Waals surface area contributed by atoms with E-state index < -0.39 is 0 Å². The van der Waals surface area contributed by atoms with Gasteiger partial charge in [0.15, 0.2) is 5.75 Å². The summed E-state index contributed by atoms with van der Waals surface area (Å²) in [5.74, 6) is 0.169. The highest BCUT2D eigenvalue weighted by Crippen LogP contribution is 2.43. The van der Waals surface area contributed by atoms with Crippen molar-refractivity contribution in [2.45, 2.75) is 38.6 Å². The molecule has 0 saturated heterocycles. The molecule has 2 rings (SSSR count). The molecule has 0 radical (unpaired) electrons. The molecule has 0 bridgehead atoms. The molecule has 1 fully saturated rings. The second-order valence-corrected chi connectivity index (χ2v) is 5.57. The van der Waals surface area contributed by atoms with Crippen molar-refractivity contribution in [3.8, 4) is 5.75 Å². The molecule has 3 N–H and O–H groups in total. The third-order valence-corrected chi connectivity index (χ3v) is 4.35. The van der Waals surface area contributed by atoms with Gasteiger partial charge in [0.1, 0.15) is 15.6 Å². The van der Waals surface area contributed by atoms with E-state index in [9.17, 15) is 4.79 Å². The van der Waals surface area contributed by atoms with Gasteiger partial charge < -0.3 is 20.5 Å². The largest absolute Gasteiger partial charge is 0.492 e. The van der Waals surface area contributed by atoms with E-state index in [4.69, 9.17) is 15.2 Å². The van der Waals surface area contributed by atoms with Gasteiger partial charge in [0.25, 0.3) is 0 Å². The van der Waals surface area contributed by atoms with Crippen molar-refractivity contribution in [1.82, 2.24) is 0 Å². The molecule has 0 aromatic carbocycles. The average Bonchev–Trinajstić information content (AvgIpc) is 2.98. The number of hydrogen-bond acceptors (Lipinski definition) is 6. The average molecular weight is 284 g/mol. The second-order valence-electron chi connectivity index (χ2n) is 4.55. The van der Waals surface area contributed by atoms with Crippen LogP contribution in [0, 0.1) is 0 Å². The number of hydrogen-bond donors (Lipinski definition) is 2. The van der Waals surface area contributed by atoms with Crippen LogP contribution in [0.15, 0.2) is 0 Å². The Balaban J connectivity index is 2.22. The van der Waals surface area contributed by atoms with E-state index in [0.29, 0.717) is 29.0 Å². The van der Waals surface area contributed by atoms with Crippen LogP contribution < -0.4 is 15.8 Å². The van der Waals surface area contributed by atoms with E-state index in [1.165, 1.54) is 24.2 Å². The van der Waals surface area contributed by atoms with Gasteiger partial charge in [0.05, 0.1) is 13.7 Å². The number of nitrogens with one attached hydrogen (secondary N) is 1. The Morgan fingerprint density at radius 3 is 2.74 bits per heavy atom. The van der Waals surface area contributed by atoms with Gasteiger partial charge in [0, 0.05) is 6.04 Å². The van der Waals surface area contributed by atoms with Crippen LogP contribution >= 0.6 is 11.3 Å². The smallest absolute Gasteiger partial charge is 0.350 e. The Bertz CT molecular complexity index is 453. The van der Waals surface area contributed by atoms with Crippen molar-refractivity contribution in [1.29, 1.82) is 0 Å². The van der Waals surface area contributed by atoms with Crippen LogP contribution in [0.4, 0.5) is 10.7 Å². The zero-order valence-electron chi connectivity index (χ0n) is 11.3. The Kier molecular flexibility index (Phi) is 4.52. The normalized spacial score (nSPS) is 15.5. The minimum atomic E-state index is -0.386. The molecule has 1 aromatic rings. The molecule has 1 aliphatic rings. The lowest BCUT2D eigenvalue weighted by Gasteiger charge is -2.12. The van der Waals surface area contributed by atoms with Crippen molar-refractivity contribution in [3.05, 3.63) is 4.88 Å². The number of anilines is 2. The molecule has 0 aliphatic heterocycles. The number of nitrogen functional groups attached to an aromatic ring is 1. The summed E-state index contributed by atoms with van der Waals surface area (Å²) < 4.78 is 10.3. The Hall–Kier alpha value is -1.43. The molecule has 0 spiro atoms. The molecule has 0 atom stereocenters. The first-order valence-electron chi connectivity index (χ1n) is 6.57. The van der Waals surface area contributed by atoms with Crippen molar-refractivity contribution < 1.29 is 14.3 Å². The van der Waals surface area contributed by atoms with Crippen LogP contribution in [0.3, 0.4) is 0 Å². The van der Waals surface area contributed by atoms with Crippen LogP contribution in [-0.2, 0) is 4.74 Å². The predicted molar refractivity (Wildman–Crippen MR) is 77.1 cm³/mol. The summed E-state index contributed by atoms with van der Waals surface area (Å²) in [5, 5.41) is 4.25. The lowest BCUT2D eigenvalue weighted by Crippen LogP contribution is -2.13. The van der Waals surface area contributed by atoms with E-state index in [1.807, 2.05) is 0 Å². The first-order valence-corrected chi connectivity index (χ1v) is 7.38. The van der Waals surface area contributed by atoms with Crippen LogP contribution in [0.2, 0.25) is 0 Å². The third-order valence-electron chi connectivity index (χ3n) is 3.25. The van der Waals surface area contributed by atoms with Gasteiger partial charge in [-0.15, -0.1) is 11.3 Å². The van der Waals surface area contributed by atoms with E-state index in [1.54, 1.807) is 14.0 Å². The molecule has 106 valence electrons. The number of carbonyl (C=O) groups excluding carboxylic acids is 1. The highest BCUT2D eigenvalue weighted by Gasteiger charge is 2.25. The minimum absolute atomic E-state index is 0.337. The molecule has 1 aliphatic carbocycles. The van der Waals surface area contributed by atoms with Gasteiger partial charge >= 0.3 is 5.97 Å². The predicted octanol–water partition coefficient (Wildman–Crippen LogP) is 2.87. The number of thiophene rings is 1. The lowest BCUT2D eigenvalue weighted by molar-refractivity contribution is 0.0533. The molecule has 19 heavy (non-hydrogen) atoms. The first-order chi connectivity index (χ1) is 9.17. The molecular formula is C13H20N2O3S. The molecule has 6 heteroatoms. The summed E-state index contributed by atoms with van der Waals surface area (Å²) in [5.41, 5.74) is 6.33. The van der Waals surface area contributed by atoms with Crippen LogP contribution in [0.25, 0.3) is 0 Å². The molecule has 1 aromatic heterocycles. The maximum absolute atomic E-state index is 11.8. The van der Waals surface area contributed by atoms with Gasteiger partial charge in [-0.05, 0) is 19.8 Å². The lowest BCUT2D eigenvalue weighted by atomic mass is 10.2. The fourth-order valence-corrected chi connectivity index (χ4v) is 3.39. The SMILES string of the molecule is CCOC(=O)c1sc(NC2CCCC2)c(OC)c1N. The number of carbonyl (C=O) groups is 1. The Labute approximate surface area is 117 Å². The molecule has 0 unspecified atom stereocenters. The third kappa shape index (κ3) is 2.94. The van der Waals surface area contributed by atoms with Crippen molar-refractivity contribution in [2.24, 2.45) is 0 Å². The standard InChI is InChI=1S/C13H20N2O3S/c1-3-18-13(16)11-9(14)10(17-2)12(19-11)15-8-6-4-5-7-8/h8,15H,3-7,14H2,1-2H3.